The summed E-state index contributed by atoms with van der Waals surface area (Å²) in [4.78, 5) is 23.1. The molecule has 0 aliphatic heterocycles. The maximum absolute atomic E-state index is 12.0. The number of carbonyl (C=O) groups excluding carboxylic acids is 2. The van der Waals surface area contributed by atoms with E-state index in [1.807, 2.05) is 0 Å². The van der Waals surface area contributed by atoms with Gasteiger partial charge in [0.2, 0.25) is 12.3 Å². The second-order valence-corrected chi connectivity index (χ2v) is 4.50. The number of hydrogen-bond acceptors (Lipinski definition) is 2. The molecular formula is C14H13BrClN2O2+. The summed E-state index contributed by atoms with van der Waals surface area (Å²) in [6.45, 7) is 0.142. The zero-order valence-electron chi connectivity index (χ0n) is 10.5. The van der Waals surface area contributed by atoms with Gasteiger partial charge in [-0.1, -0.05) is 11.6 Å². The minimum Gasteiger partial charge on any atom is -0.365 e. The lowest BCUT2D eigenvalue weighted by molar-refractivity contribution is -0.683. The third-order valence-corrected chi connectivity index (χ3v) is 2.89. The lowest BCUT2D eigenvalue weighted by atomic mass is 10.1. The molecule has 104 valence electrons. The van der Waals surface area contributed by atoms with E-state index in [-0.39, 0.29) is 29.3 Å². The average Bonchev–Trinajstić information content (AvgIpc) is 2.39. The molecule has 2 aromatic rings. The molecule has 0 atom stereocenters. The Kier molecular flexibility index (Phi) is 5.85. The summed E-state index contributed by atoms with van der Waals surface area (Å²) in [6.07, 6.45) is 3.26. The molecule has 0 bridgehead atoms. The number of amides is 1. The fraction of sp³-hybridized carbons (Fsp3) is 0.0714. The Morgan fingerprint density at radius 1 is 1.10 bits per heavy atom. The van der Waals surface area contributed by atoms with Crippen LogP contribution in [0.15, 0.2) is 48.8 Å². The van der Waals surface area contributed by atoms with Crippen molar-refractivity contribution in [2.75, 3.05) is 0 Å². The highest BCUT2D eigenvalue weighted by molar-refractivity contribution is 8.93. The Morgan fingerprint density at radius 3 is 2.35 bits per heavy atom. The Balaban J connectivity index is 0.00000200. The van der Waals surface area contributed by atoms with Gasteiger partial charge in [0.1, 0.15) is 5.56 Å². The molecule has 20 heavy (non-hydrogen) atoms. The van der Waals surface area contributed by atoms with E-state index in [1.54, 1.807) is 53.4 Å². The molecule has 0 saturated carbocycles. The molecule has 0 fully saturated rings. The molecule has 1 heterocycles. The third-order valence-electron chi connectivity index (χ3n) is 2.64. The molecule has 0 saturated heterocycles. The van der Waals surface area contributed by atoms with E-state index in [2.05, 4.69) is 0 Å². The summed E-state index contributed by atoms with van der Waals surface area (Å²) < 4.78 is 1.62. The van der Waals surface area contributed by atoms with Crippen LogP contribution in [0.25, 0.3) is 0 Å². The van der Waals surface area contributed by atoms with Crippen LogP contribution in [0.5, 0.6) is 0 Å². The summed E-state index contributed by atoms with van der Waals surface area (Å²) in [5.74, 6) is -0.587. The van der Waals surface area contributed by atoms with E-state index in [4.69, 9.17) is 17.3 Å². The van der Waals surface area contributed by atoms with Gasteiger partial charge in [-0.25, -0.2) is 0 Å². The number of Topliss-reactive ketones (excluding diaryl/α,β-unsaturated/α-hetero) is 1. The molecule has 0 radical (unpaired) electrons. The van der Waals surface area contributed by atoms with Gasteiger partial charge < -0.3 is 5.73 Å². The molecule has 6 heteroatoms. The van der Waals surface area contributed by atoms with E-state index in [1.165, 1.54) is 0 Å². The number of ketones is 1. The number of halogens is 2. The van der Waals surface area contributed by atoms with Crippen LogP contribution in [0, 0.1) is 0 Å². The van der Waals surface area contributed by atoms with Crippen molar-refractivity contribution in [1.29, 1.82) is 0 Å². The number of nitrogens with zero attached hydrogens (tertiary/aromatic N) is 1. The van der Waals surface area contributed by atoms with Gasteiger partial charge in [0.05, 0.1) is 0 Å². The first-order chi connectivity index (χ1) is 9.06. The molecule has 0 aliphatic rings. The first-order valence-electron chi connectivity index (χ1n) is 5.64. The minimum atomic E-state index is -0.520. The van der Waals surface area contributed by atoms with Crippen molar-refractivity contribution in [1.82, 2.24) is 0 Å². The predicted octanol–water partition coefficient (Wildman–Crippen LogP) is 2.19. The average molecular weight is 357 g/mol. The predicted molar refractivity (Wildman–Crippen MR) is 81.3 cm³/mol. The molecule has 0 spiro atoms. The Morgan fingerprint density at radius 2 is 1.75 bits per heavy atom. The highest BCUT2D eigenvalue weighted by Crippen LogP contribution is 2.10. The van der Waals surface area contributed by atoms with Gasteiger partial charge in [0.15, 0.2) is 12.4 Å². The van der Waals surface area contributed by atoms with Crippen LogP contribution in [0.2, 0.25) is 5.02 Å². The Hall–Kier alpha value is -1.72. The van der Waals surface area contributed by atoms with Gasteiger partial charge in [-0.05, 0) is 30.3 Å². The summed E-state index contributed by atoms with van der Waals surface area (Å²) in [5, 5.41) is 0.583. The highest BCUT2D eigenvalue weighted by Gasteiger charge is 2.13. The second-order valence-electron chi connectivity index (χ2n) is 4.06. The molecule has 1 amide bonds. The van der Waals surface area contributed by atoms with Crippen molar-refractivity contribution in [2.45, 2.75) is 6.54 Å². The summed E-state index contributed by atoms with van der Waals surface area (Å²) >= 11 is 5.76. The quantitative estimate of drug-likeness (QED) is 0.674. The lowest BCUT2D eigenvalue weighted by Crippen LogP contribution is -2.38. The molecule has 1 aromatic heterocycles. The number of pyridine rings is 1. The first kappa shape index (κ1) is 16.3. The second kappa shape index (κ2) is 7.17. The molecule has 4 nitrogen and oxygen atoms in total. The smallest absolute Gasteiger partial charge is 0.254 e. The maximum Gasteiger partial charge on any atom is 0.254 e. The number of primary amides is 1. The fourth-order valence-corrected chi connectivity index (χ4v) is 1.78. The fourth-order valence-electron chi connectivity index (χ4n) is 1.66. The van der Waals surface area contributed by atoms with E-state index in [0.717, 1.165) is 0 Å². The van der Waals surface area contributed by atoms with Crippen molar-refractivity contribution in [3.8, 4) is 0 Å². The van der Waals surface area contributed by atoms with Crippen molar-refractivity contribution < 1.29 is 14.2 Å². The Bertz CT molecular complexity index is 629. The zero-order valence-corrected chi connectivity index (χ0v) is 12.9. The minimum absolute atomic E-state index is 0. The topological polar surface area (TPSA) is 64.0 Å². The van der Waals surface area contributed by atoms with Gasteiger partial charge in [-0.3, -0.25) is 9.59 Å². The van der Waals surface area contributed by atoms with E-state index in [9.17, 15) is 9.59 Å². The van der Waals surface area contributed by atoms with E-state index >= 15 is 0 Å². The van der Waals surface area contributed by atoms with E-state index < -0.39 is 5.91 Å². The van der Waals surface area contributed by atoms with Crippen LogP contribution in [-0.2, 0) is 6.54 Å². The van der Waals surface area contributed by atoms with Crippen LogP contribution in [0.4, 0.5) is 0 Å². The van der Waals surface area contributed by atoms with Crippen LogP contribution in [0.1, 0.15) is 20.7 Å². The van der Waals surface area contributed by atoms with Gasteiger partial charge in [-0.2, -0.15) is 4.57 Å². The lowest BCUT2D eigenvalue weighted by Gasteiger charge is -1.99. The SMILES string of the molecule is Br.NC(=O)c1ccc[n+](CC(=O)c2ccc(Cl)cc2)c1. The number of nitrogens with two attached hydrogens (primary N) is 1. The summed E-state index contributed by atoms with van der Waals surface area (Å²) in [7, 11) is 0. The Labute approximate surface area is 131 Å². The standard InChI is InChI=1S/C14H11ClN2O2.BrH/c15-12-5-3-10(4-6-12)13(18)9-17-7-1-2-11(8-17)14(16)19;/h1-8H,9H2,(H-,16,19);1H/p+1. The molecule has 1 aromatic carbocycles. The van der Waals surface area contributed by atoms with E-state index in [0.29, 0.717) is 16.1 Å². The summed E-state index contributed by atoms with van der Waals surface area (Å²) in [5.41, 5.74) is 6.13. The monoisotopic (exact) mass is 355 g/mol. The number of aromatic nitrogens is 1. The molecular weight excluding hydrogens is 344 g/mol. The van der Waals surface area contributed by atoms with Crippen LogP contribution < -0.4 is 10.3 Å². The summed E-state index contributed by atoms with van der Waals surface area (Å²) in [6, 6.07) is 9.95. The molecule has 0 aliphatic carbocycles. The molecule has 2 rings (SSSR count). The number of rotatable bonds is 4. The van der Waals surface area contributed by atoms with Gasteiger partial charge in [-0.15, -0.1) is 17.0 Å². The van der Waals surface area contributed by atoms with Crippen LogP contribution >= 0.6 is 28.6 Å². The number of hydrogen-bond donors (Lipinski definition) is 1. The largest absolute Gasteiger partial charge is 0.365 e. The number of carbonyl (C=O) groups is 2. The zero-order chi connectivity index (χ0) is 13.8. The van der Waals surface area contributed by atoms with Gasteiger partial charge in [0.25, 0.3) is 5.91 Å². The third kappa shape index (κ3) is 4.15. The van der Waals surface area contributed by atoms with Crippen molar-refractivity contribution in [3.05, 3.63) is 64.9 Å². The normalized spacial score (nSPS) is 9.65. The van der Waals surface area contributed by atoms with Crippen LogP contribution in [0.3, 0.4) is 0 Å². The molecule has 0 unspecified atom stereocenters. The molecule has 2 N–H and O–H groups in total. The maximum atomic E-state index is 12.0. The highest BCUT2D eigenvalue weighted by atomic mass is 79.9. The van der Waals surface area contributed by atoms with Crippen molar-refractivity contribution in [3.63, 3.8) is 0 Å². The van der Waals surface area contributed by atoms with Crippen LogP contribution in [-0.4, -0.2) is 11.7 Å². The van der Waals surface area contributed by atoms with Crippen molar-refractivity contribution >= 4 is 40.3 Å². The van der Waals surface area contributed by atoms with Gasteiger partial charge in [0, 0.05) is 16.7 Å². The van der Waals surface area contributed by atoms with Crippen molar-refractivity contribution in [2.24, 2.45) is 5.73 Å². The first-order valence-corrected chi connectivity index (χ1v) is 6.02. The van der Waals surface area contributed by atoms with Gasteiger partial charge >= 0.3 is 0 Å². The number of benzene rings is 1.